The number of hydrogen-bond acceptors (Lipinski definition) is 6. The highest BCUT2D eigenvalue weighted by atomic mass is 79.9. The van der Waals surface area contributed by atoms with Crippen LogP contribution in [-0.4, -0.2) is 21.4 Å². The topological polar surface area (TPSA) is 89.4 Å². The molecular weight excluding hydrogens is 564 g/mol. The lowest BCUT2D eigenvalue weighted by molar-refractivity contribution is 0.109. The van der Waals surface area contributed by atoms with Gasteiger partial charge in [-0.05, 0) is 60.4 Å². The first-order valence-electron chi connectivity index (χ1n) is 10.8. The molecule has 0 spiro atoms. The average molecular weight is 590 g/mol. The lowest BCUT2D eigenvalue weighted by atomic mass is 10.1. The Morgan fingerprint density at radius 2 is 1.24 bits per heavy atom. The van der Waals surface area contributed by atoms with Crippen LogP contribution in [-0.2, 0) is 6.61 Å². The van der Waals surface area contributed by atoms with E-state index in [0.29, 0.717) is 35.3 Å². The van der Waals surface area contributed by atoms with Crippen LogP contribution in [0.4, 0.5) is 0 Å². The zero-order valence-corrected chi connectivity index (χ0v) is 22.6. The van der Waals surface area contributed by atoms with Crippen LogP contribution < -0.4 is 0 Å². The van der Waals surface area contributed by atoms with Crippen molar-refractivity contribution in [3.63, 3.8) is 0 Å². The Labute approximate surface area is 215 Å². The van der Waals surface area contributed by atoms with Crippen molar-refractivity contribution in [2.75, 3.05) is 0 Å². The molecule has 6 nitrogen and oxygen atoms in total. The minimum Gasteiger partial charge on any atom is -0.438 e. The van der Waals surface area contributed by atoms with Crippen molar-refractivity contribution in [3.05, 3.63) is 80.4 Å². The second kappa shape index (κ2) is 11.7. The van der Waals surface area contributed by atoms with Gasteiger partial charge in [0.1, 0.15) is 6.61 Å². The van der Waals surface area contributed by atoms with Gasteiger partial charge in [0.15, 0.2) is 17.8 Å². The fourth-order valence-corrected chi connectivity index (χ4v) is 3.73. The number of aliphatic hydroxyl groups is 1. The molecule has 0 atom stereocenters. The molecular formula is C26H26Br2N2O4. The number of halogens is 2. The second-order valence-corrected chi connectivity index (χ2v) is 10.0. The SMILES string of the molecule is CC(C)c1nc(-c2ccc(Br)cc2)oc1C=O.CC(C)c1nc(-c2ccc(Br)cc2)oc1CO. The summed E-state index contributed by atoms with van der Waals surface area (Å²) in [5, 5.41) is 9.23. The molecule has 0 aliphatic rings. The number of nitrogens with zero attached hydrogens (tertiary/aromatic N) is 2. The van der Waals surface area contributed by atoms with E-state index in [-0.39, 0.29) is 18.4 Å². The average Bonchev–Trinajstić information content (AvgIpc) is 3.45. The third-order valence-electron chi connectivity index (χ3n) is 4.94. The Morgan fingerprint density at radius 1 is 0.794 bits per heavy atom. The van der Waals surface area contributed by atoms with Crippen molar-refractivity contribution in [1.29, 1.82) is 0 Å². The van der Waals surface area contributed by atoms with Crippen LogP contribution in [0.5, 0.6) is 0 Å². The third kappa shape index (κ3) is 6.31. The van der Waals surface area contributed by atoms with Crippen molar-refractivity contribution in [3.8, 4) is 22.9 Å². The predicted molar refractivity (Wildman–Crippen MR) is 139 cm³/mol. The summed E-state index contributed by atoms with van der Waals surface area (Å²) in [6, 6.07) is 15.4. The lowest BCUT2D eigenvalue weighted by Gasteiger charge is -1.99. The van der Waals surface area contributed by atoms with E-state index in [1.165, 1.54) is 0 Å². The Balaban J connectivity index is 0.000000191. The maximum absolute atomic E-state index is 10.9. The summed E-state index contributed by atoms with van der Waals surface area (Å²) in [6.07, 6.45) is 0.713. The number of carbonyl (C=O) groups excluding carboxylic acids is 1. The van der Waals surface area contributed by atoms with Crippen molar-refractivity contribution in [2.24, 2.45) is 0 Å². The van der Waals surface area contributed by atoms with E-state index >= 15 is 0 Å². The van der Waals surface area contributed by atoms with E-state index in [2.05, 4.69) is 41.8 Å². The van der Waals surface area contributed by atoms with Crippen molar-refractivity contribution in [2.45, 2.75) is 46.1 Å². The molecule has 2 aromatic carbocycles. The molecule has 0 unspecified atom stereocenters. The first-order chi connectivity index (χ1) is 16.2. The van der Waals surface area contributed by atoms with Gasteiger partial charge in [-0.15, -0.1) is 0 Å². The molecule has 4 aromatic rings. The van der Waals surface area contributed by atoms with Crippen molar-refractivity contribution in [1.82, 2.24) is 9.97 Å². The molecule has 178 valence electrons. The number of oxazole rings is 2. The zero-order valence-electron chi connectivity index (χ0n) is 19.4. The highest BCUT2D eigenvalue weighted by molar-refractivity contribution is 9.10. The molecule has 4 rings (SSSR count). The Morgan fingerprint density at radius 3 is 1.59 bits per heavy atom. The van der Waals surface area contributed by atoms with E-state index in [1.54, 1.807) is 0 Å². The lowest BCUT2D eigenvalue weighted by Crippen LogP contribution is -1.93. The number of aromatic nitrogens is 2. The summed E-state index contributed by atoms with van der Waals surface area (Å²) in [5.74, 6) is 2.33. The molecule has 0 aliphatic heterocycles. The number of rotatable bonds is 6. The van der Waals surface area contributed by atoms with Crippen molar-refractivity contribution >= 4 is 38.1 Å². The molecule has 34 heavy (non-hydrogen) atoms. The van der Waals surface area contributed by atoms with Gasteiger partial charge in [-0.3, -0.25) is 4.79 Å². The Hall–Kier alpha value is -2.55. The van der Waals surface area contributed by atoms with Crippen molar-refractivity contribution < 1.29 is 18.7 Å². The molecule has 1 N–H and O–H groups in total. The van der Waals surface area contributed by atoms with E-state index in [4.69, 9.17) is 8.83 Å². The molecule has 0 radical (unpaired) electrons. The highest BCUT2D eigenvalue weighted by Crippen LogP contribution is 2.28. The molecule has 0 bridgehead atoms. The first kappa shape index (κ1) is 26.1. The number of hydrogen-bond donors (Lipinski definition) is 1. The van der Waals surface area contributed by atoms with Crippen LogP contribution in [0, 0.1) is 0 Å². The van der Waals surface area contributed by atoms with Gasteiger partial charge in [0.25, 0.3) is 0 Å². The summed E-state index contributed by atoms with van der Waals surface area (Å²) >= 11 is 6.75. The first-order valence-corrected chi connectivity index (χ1v) is 12.4. The van der Waals surface area contributed by atoms with Gasteiger partial charge in [0, 0.05) is 20.1 Å². The quantitative estimate of drug-likeness (QED) is 0.231. The highest BCUT2D eigenvalue weighted by Gasteiger charge is 2.17. The number of aliphatic hydroxyl groups excluding tert-OH is 1. The van der Waals surface area contributed by atoms with Gasteiger partial charge < -0.3 is 13.9 Å². The van der Waals surface area contributed by atoms with Crippen LogP contribution in [0.2, 0.25) is 0 Å². The third-order valence-corrected chi connectivity index (χ3v) is 5.99. The Bertz CT molecular complexity index is 1230. The molecule has 2 heterocycles. The van der Waals surface area contributed by atoms with Gasteiger partial charge in [-0.2, -0.15) is 0 Å². The number of carbonyl (C=O) groups is 1. The van der Waals surface area contributed by atoms with Gasteiger partial charge in [0.05, 0.1) is 11.4 Å². The van der Waals surface area contributed by atoms with Gasteiger partial charge in [0.2, 0.25) is 11.8 Å². The molecule has 0 fully saturated rings. The smallest absolute Gasteiger partial charge is 0.227 e. The standard InChI is InChI=1S/C13H14BrNO2.C13H12BrNO2/c2*1-8(2)12-11(7-16)17-13(15-12)9-3-5-10(14)6-4-9/h3-6,8,16H,7H2,1-2H3;3-8H,1-2H3. The van der Waals surface area contributed by atoms with Crippen LogP contribution in [0.3, 0.4) is 0 Å². The minimum atomic E-state index is -0.114. The van der Waals surface area contributed by atoms with Crippen LogP contribution in [0.15, 0.2) is 66.3 Å². The van der Waals surface area contributed by atoms with E-state index in [9.17, 15) is 9.90 Å². The van der Waals surface area contributed by atoms with Gasteiger partial charge >= 0.3 is 0 Å². The summed E-state index contributed by atoms with van der Waals surface area (Å²) in [6.45, 7) is 7.91. The van der Waals surface area contributed by atoms with E-state index in [0.717, 1.165) is 25.8 Å². The largest absolute Gasteiger partial charge is 0.438 e. The number of benzene rings is 2. The summed E-state index contributed by atoms with van der Waals surface area (Å²) in [5.41, 5.74) is 3.31. The molecule has 0 aliphatic carbocycles. The molecule has 2 aromatic heterocycles. The predicted octanol–water partition coefficient (Wildman–Crippen LogP) is 7.76. The maximum Gasteiger partial charge on any atom is 0.227 e. The van der Waals surface area contributed by atoms with Crippen LogP contribution in [0.25, 0.3) is 22.9 Å². The summed E-state index contributed by atoms with van der Waals surface area (Å²) in [7, 11) is 0. The monoisotopic (exact) mass is 588 g/mol. The fraction of sp³-hybridized carbons (Fsp3) is 0.269. The molecule has 0 saturated carbocycles. The molecule has 8 heteroatoms. The van der Waals surface area contributed by atoms with E-state index < -0.39 is 0 Å². The number of aldehydes is 1. The summed E-state index contributed by atoms with van der Waals surface area (Å²) < 4.78 is 13.0. The second-order valence-electron chi connectivity index (χ2n) is 8.20. The normalized spacial score (nSPS) is 11.0. The fourth-order valence-electron chi connectivity index (χ4n) is 3.20. The van der Waals surface area contributed by atoms with E-state index in [1.807, 2.05) is 76.2 Å². The maximum atomic E-state index is 10.9. The van der Waals surface area contributed by atoms with Gasteiger partial charge in [-0.25, -0.2) is 9.97 Å². The van der Waals surface area contributed by atoms with Gasteiger partial charge in [-0.1, -0.05) is 59.6 Å². The Kier molecular flexibility index (Phi) is 8.99. The van der Waals surface area contributed by atoms with Crippen LogP contribution in [0.1, 0.15) is 67.2 Å². The molecule has 0 amide bonds. The summed E-state index contributed by atoms with van der Waals surface area (Å²) in [4.78, 5) is 19.7. The zero-order chi connectivity index (χ0) is 24.8. The molecule has 0 saturated heterocycles. The van der Waals surface area contributed by atoms with Crippen LogP contribution >= 0.6 is 31.9 Å². The minimum absolute atomic E-state index is 0.114.